The van der Waals surface area contributed by atoms with Gasteiger partial charge in [0.15, 0.2) is 5.69 Å². The summed E-state index contributed by atoms with van der Waals surface area (Å²) in [5.74, 6) is -0.622. The number of anilines is 1. The molecule has 3 aromatic rings. The summed E-state index contributed by atoms with van der Waals surface area (Å²) in [7, 11) is 0. The number of rotatable bonds is 6. The van der Waals surface area contributed by atoms with Crippen molar-refractivity contribution in [3.05, 3.63) is 63.8 Å². The molecule has 1 heterocycles. The van der Waals surface area contributed by atoms with Gasteiger partial charge in [0.25, 0.3) is 11.6 Å². The molecule has 0 radical (unpaired) electrons. The van der Waals surface area contributed by atoms with Crippen molar-refractivity contribution in [1.82, 2.24) is 15.5 Å². The van der Waals surface area contributed by atoms with Gasteiger partial charge in [-0.1, -0.05) is 26.0 Å². The number of non-ortho nitro benzene ring substituents is 1. The molecule has 0 aliphatic heterocycles. The molecule has 3 N–H and O–H groups in total. The van der Waals surface area contributed by atoms with Gasteiger partial charge in [-0.3, -0.25) is 24.8 Å². The first-order valence-corrected chi connectivity index (χ1v) is 8.65. The molecular formula is C19H19N5O4. The van der Waals surface area contributed by atoms with E-state index in [-0.39, 0.29) is 29.8 Å². The average molecular weight is 381 g/mol. The summed E-state index contributed by atoms with van der Waals surface area (Å²) in [5.41, 5.74) is 2.04. The molecule has 0 spiro atoms. The number of benzene rings is 2. The second-order valence-corrected chi connectivity index (χ2v) is 6.58. The Kier molecular flexibility index (Phi) is 5.35. The Labute approximate surface area is 160 Å². The second-order valence-electron chi connectivity index (χ2n) is 6.58. The van der Waals surface area contributed by atoms with Crippen LogP contribution in [0.1, 0.15) is 29.9 Å². The van der Waals surface area contributed by atoms with Gasteiger partial charge < -0.3 is 10.6 Å². The minimum atomic E-state index is -0.520. The maximum absolute atomic E-state index is 12.4. The van der Waals surface area contributed by atoms with E-state index in [4.69, 9.17) is 0 Å². The van der Waals surface area contributed by atoms with Crippen molar-refractivity contribution in [2.75, 3.05) is 5.32 Å². The van der Waals surface area contributed by atoms with Crippen molar-refractivity contribution in [2.24, 2.45) is 5.92 Å². The first-order valence-electron chi connectivity index (χ1n) is 8.65. The normalized spacial score (nSPS) is 10.8. The third-order valence-electron chi connectivity index (χ3n) is 4.17. The maximum Gasteiger partial charge on any atom is 0.272 e. The molecule has 0 atom stereocenters. The molecule has 9 heteroatoms. The summed E-state index contributed by atoms with van der Waals surface area (Å²) in [6.45, 7) is 3.87. The van der Waals surface area contributed by atoms with Gasteiger partial charge in [0.1, 0.15) is 0 Å². The molecule has 3 rings (SSSR count). The fourth-order valence-corrected chi connectivity index (χ4v) is 2.55. The minimum Gasteiger partial charge on any atom is -0.347 e. The summed E-state index contributed by atoms with van der Waals surface area (Å²) < 4.78 is 0. The molecule has 9 nitrogen and oxygen atoms in total. The molecule has 2 amide bonds. The highest BCUT2D eigenvalue weighted by atomic mass is 16.6. The van der Waals surface area contributed by atoms with Crippen LogP contribution >= 0.6 is 0 Å². The number of amides is 2. The first-order chi connectivity index (χ1) is 13.3. The summed E-state index contributed by atoms with van der Waals surface area (Å²) in [4.78, 5) is 34.6. The fourth-order valence-electron chi connectivity index (χ4n) is 2.55. The number of aromatic amines is 1. The van der Waals surface area contributed by atoms with Crippen molar-refractivity contribution in [3.8, 4) is 0 Å². The van der Waals surface area contributed by atoms with E-state index < -0.39 is 10.8 Å². The lowest BCUT2D eigenvalue weighted by atomic mass is 10.1. The van der Waals surface area contributed by atoms with Crippen molar-refractivity contribution in [1.29, 1.82) is 0 Å². The van der Waals surface area contributed by atoms with E-state index in [1.54, 1.807) is 24.3 Å². The van der Waals surface area contributed by atoms with E-state index in [0.29, 0.717) is 16.6 Å². The van der Waals surface area contributed by atoms with Crippen LogP contribution in [-0.4, -0.2) is 26.9 Å². The van der Waals surface area contributed by atoms with Crippen LogP contribution in [0.2, 0.25) is 0 Å². The third kappa shape index (κ3) is 4.14. The second kappa shape index (κ2) is 7.87. The van der Waals surface area contributed by atoms with Gasteiger partial charge in [0, 0.05) is 35.7 Å². The smallest absolute Gasteiger partial charge is 0.272 e. The summed E-state index contributed by atoms with van der Waals surface area (Å²) in [5, 5.41) is 23.5. The Morgan fingerprint density at radius 2 is 1.89 bits per heavy atom. The van der Waals surface area contributed by atoms with Gasteiger partial charge in [0.05, 0.1) is 10.4 Å². The molecule has 28 heavy (non-hydrogen) atoms. The number of carbonyl (C=O) groups is 2. The van der Waals surface area contributed by atoms with Crippen molar-refractivity contribution in [2.45, 2.75) is 20.4 Å². The van der Waals surface area contributed by atoms with E-state index >= 15 is 0 Å². The molecule has 0 saturated heterocycles. The Bertz CT molecular complexity index is 1040. The summed E-state index contributed by atoms with van der Waals surface area (Å²) in [6, 6.07) is 11.3. The van der Waals surface area contributed by atoms with E-state index in [0.717, 1.165) is 5.56 Å². The zero-order chi connectivity index (χ0) is 20.3. The van der Waals surface area contributed by atoms with Crippen LogP contribution in [-0.2, 0) is 11.3 Å². The molecule has 0 aliphatic carbocycles. The molecule has 0 aliphatic rings. The minimum absolute atomic E-state index is 0.0689. The highest BCUT2D eigenvalue weighted by Gasteiger charge is 2.17. The Balaban J connectivity index is 1.67. The van der Waals surface area contributed by atoms with Gasteiger partial charge in [0.2, 0.25) is 5.91 Å². The van der Waals surface area contributed by atoms with Gasteiger partial charge >= 0.3 is 0 Å². The lowest BCUT2D eigenvalue weighted by Crippen LogP contribution is -2.23. The number of hydrogen-bond donors (Lipinski definition) is 3. The van der Waals surface area contributed by atoms with E-state index in [1.165, 1.54) is 18.2 Å². The van der Waals surface area contributed by atoms with Crippen LogP contribution in [0.25, 0.3) is 10.9 Å². The highest BCUT2D eigenvalue weighted by Crippen LogP contribution is 2.22. The molecule has 0 unspecified atom stereocenters. The number of H-pyrrole nitrogens is 1. The van der Waals surface area contributed by atoms with Crippen LogP contribution in [0, 0.1) is 16.0 Å². The van der Waals surface area contributed by atoms with Crippen molar-refractivity contribution < 1.29 is 14.5 Å². The summed E-state index contributed by atoms with van der Waals surface area (Å²) in [6.07, 6.45) is 0. The topological polar surface area (TPSA) is 130 Å². The lowest BCUT2D eigenvalue weighted by Gasteiger charge is -2.09. The molecule has 0 fully saturated rings. The van der Waals surface area contributed by atoms with Crippen molar-refractivity contribution in [3.63, 3.8) is 0 Å². The SMILES string of the molecule is CC(C)C(=O)Nc1ccc(CNC(=O)c2n[nH]c3ccc([N+](=O)[O-])cc23)cc1. The molecule has 144 valence electrons. The van der Waals surface area contributed by atoms with E-state index in [9.17, 15) is 19.7 Å². The number of aromatic nitrogens is 2. The Morgan fingerprint density at radius 1 is 1.18 bits per heavy atom. The number of nitrogens with one attached hydrogen (secondary N) is 3. The van der Waals surface area contributed by atoms with Crippen LogP contribution < -0.4 is 10.6 Å². The lowest BCUT2D eigenvalue weighted by molar-refractivity contribution is -0.384. The fraction of sp³-hybridized carbons (Fsp3) is 0.211. The zero-order valence-electron chi connectivity index (χ0n) is 15.4. The quantitative estimate of drug-likeness (QED) is 0.446. The number of carbonyl (C=O) groups excluding carboxylic acids is 2. The van der Waals surface area contributed by atoms with Gasteiger partial charge in [-0.15, -0.1) is 0 Å². The predicted octanol–water partition coefficient (Wildman–Crippen LogP) is 3.00. The molecule has 0 saturated carbocycles. The van der Waals surface area contributed by atoms with Crippen LogP contribution in [0.4, 0.5) is 11.4 Å². The summed E-state index contributed by atoms with van der Waals surface area (Å²) >= 11 is 0. The van der Waals surface area contributed by atoms with Gasteiger partial charge in [-0.2, -0.15) is 5.10 Å². The highest BCUT2D eigenvalue weighted by molar-refractivity contribution is 6.05. The Morgan fingerprint density at radius 3 is 2.54 bits per heavy atom. The molecule has 1 aromatic heterocycles. The molecule has 0 bridgehead atoms. The average Bonchev–Trinajstić information content (AvgIpc) is 3.10. The van der Waals surface area contributed by atoms with Crippen molar-refractivity contribution >= 4 is 34.1 Å². The van der Waals surface area contributed by atoms with Gasteiger partial charge in [-0.25, -0.2) is 0 Å². The Hall–Kier alpha value is -3.75. The number of nitro groups is 1. The number of hydrogen-bond acceptors (Lipinski definition) is 5. The monoisotopic (exact) mass is 381 g/mol. The number of nitro benzene ring substituents is 1. The maximum atomic E-state index is 12.4. The number of fused-ring (bicyclic) bond motifs is 1. The molecular weight excluding hydrogens is 362 g/mol. The van der Waals surface area contributed by atoms with E-state index in [2.05, 4.69) is 20.8 Å². The zero-order valence-corrected chi connectivity index (χ0v) is 15.4. The first kappa shape index (κ1) is 19.0. The van der Waals surface area contributed by atoms with E-state index in [1.807, 2.05) is 13.8 Å². The predicted molar refractivity (Wildman–Crippen MR) is 104 cm³/mol. The number of nitrogens with zero attached hydrogens (tertiary/aromatic N) is 2. The third-order valence-corrected chi connectivity index (χ3v) is 4.17. The molecule has 2 aromatic carbocycles. The van der Waals surface area contributed by atoms with Crippen LogP contribution in [0.15, 0.2) is 42.5 Å². The largest absolute Gasteiger partial charge is 0.347 e. The standard InChI is InChI=1S/C19H19N5O4/c1-11(2)18(25)21-13-5-3-12(4-6-13)10-20-19(26)17-15-9-14(24(27)28)7-8-16(15)22-23-17/h3-9,11H,10H2,1-2H3,(H,20,26)(H,21,25)(H,22,23). The van der Waals surface area contributed by atoms with Gasteiger partial charge in [-0.05, 0) is 23.8 Å². The van der Waals surface area contributed by atoms with Crippen LogP contribution in [0.3, 0.4) is 0 Å². The van der Waals surface area contributed by atoms with Crippen LogP contribution in [0.5, 0.6) is 0 Å².